The van der Waals surface area contributed by atoms with Crippen LogP contribution < -0.4 is 10.1 Å². The summed E-state index contributed by atoms with van der Waals surface area (Å²) in [6, 6.07) is 18.6. The molecule has 0 radical (unpaired) electrons. The minimum Gasteiger partial charge on any atom is -0.497 e. The lowest BCUT2D eigenvalue weighted by molar-refractivity contribution is 0.154. The molecular formula is C20H21N3O4. The molecular weight excluding hydrogens is 346 g/mol. The van der Waals surface area contributed by atoms with Gasteiger partial charge >= 0.3 is 6.09 Å². The highest BCUT2D eigenvalue weighted by Crippen LogP contribution is 2.24. The quantitative estimate of drug-likeness (QED) is 0.669. The van der Waals surface area contributed by atoms with Gasteiger partial charge in [0.2, 0.25) is 0 Å². The highest BCUT2D eigenvalue weighted by Gasteiger charge is 2.13. The molecule has 0 saturated heterocycles. The monoisotopic (exact) mass is 367 g/mol. The van der Waals surface area contributed by atoms with Gasteiger partial charge in [-0.1, -0.05) is 30.3 Å². The van der Waals surface area contributed by atoms with Gasteiger partial charge in [-0.25, -0.2) is 9.48 Å². The van der Waals surface area contributed by atoms with Crippen LogP contribution in [0, 0.1) is 0 Å². The summed E-state index contributed by atoms with van der Waals surface area (Å²) < 4.78 is 11.9. The molecule has 1 amide bonds. The molecule has 3 aromatic rings. The fraction of sp³-hybridized carbons (Fsp3) is 0.200. The van der Waals surface area contributed by atoms with Crippen LogP contribution in [0.4, 0.5) is 10.6 Å². The van der Waals surface area contributed by atoms with Crippen molar-refractivity contribution in [3.05, 3.63) is 66.2 Å². The summed E-state index contributed by atoms with van der Waals surface area (Å²) in [4.78, 5) is 12.1. The first-order valence-corrected chi connectivity index (χ1v) is 8.50. The van der Waals surface area contributed by atoms with Crippen LogP contribution in [-0.4, -0.2) is 34.7 Å². The summed E-state index contributed by atoms with van der Waals surface area (Å²) in [5.74, 6) is 1.20. The second-order valence-corrected chi connectivity index (χ2v) is 5.78. The van der Waals surface area contributed by atoms with Gasteiger partial charge in [-0.05, 0) is 29.8 Å². The zero-order chi connectivity index (χ0) is 19.1. The predicted molar refractivity (Wildman–Crippen MR) is 102 cm³/mol. The van der Waals surface area contributed by atoms with Crippen LogP contribution >= 0.6 is 0 Å². The molecule has 1 heterocycles. The first kappa shape index (κ1) is 18.5. The maximum atomic E-state index is 12.1. The Morgan fingerprint density at radius 1 is 1.15 bits per heavy atom. The lowest BCUT2D eigenvalue weighted by atomic mass is 10.1. The van der Waals surface area contributed by atoms with E-state index in [0.29, 0.717) is 11.5 Å². The normalized spacial score (nSPS) is 10.4. The van der Waals surface area contributed by atoms with E-state index < -0.39 is 6.09 Å². The Labute approximate surface area is 157 Å². The van der Waals surface area contributed by atoms with Crippen molar-refractivity contribution in [1.29, 1.82) is 0 Å². The molecule has 0 unspecified atom stereocenters. The van der Waals surface area contributed by atoms with Crippen molar-refractivity contribution in [1.82, 2.24) is 9.78 Å². The van der Waals surface area contributed by atoms with E-state index in [9.17, 15) is 9.90 Å². The van der Waals surface area contributed by atoms with Crippen LogP contribution in [0.1, 0.15) is 5.56 Å². The van der Waals surface area contributed by atoms with Gasteiger partial charge in [-0.2, -0.15) is 5.10 Å². The number of anilines is 1. The molecule has 7 nitrogen and oxygen atoms in total. The summed E-state index contributed by atoms with van der Waals surface area (Å²) in [5.41, 5.74) is 2.44. The molecule has 7 heteroatoms. The molecule has 0 saturated carbocycles. The molecule has 0 spiro atoms. The highest BCUT2D eigenvalue weighted by molar-refractivity contribution is 5.84. The van der Waals surface area contributed by atoms with Gasteiger partial charge in [0.05, 0.1) is 26.0 Å². The van der Waals surface area contributed by atoms with E-state index in [2.05, 4.69) is 10.4 Å². The Kier molecular flexibility index (Phi) is 6.06. The van der Waals surface area contributed by atoms with Crippen molar-refractivity contribution in [3.8, 4) is 17.0 Å². The number of rotatable bonds is 7. The molecule has 0 aliphatic carbocycles. The number of hydrogen-bond donors (Lipinski definition) is 2. The number of carbonyl (C=O) groups excluding carboxylic acids is 1. The molecule has 1 aromatic heterocycles. The Balaban J connectivity index is 1.71. The lowest BCUT2D eigenvalue weighted by Crippen LogP contribution is -2.17. The van der Waals surface area contributed by atoms with Crippen molar-refractivity contribution < 1.29 is 19.4 Å². The highest BCUT2D eigenvalue weighted by atomic mass is 16.5. The van der Waals surface area contributed by atoms with Gasteiger partial charge in [0.15, 0.2) is 0 Å². The van der Waals surface area contributed by atoms with Gasteiger partial charge < -0.3 is 14.6 Å². The Hall–Kier alpha value is -3.32. The number of nitrogens with zero attached hydrogens (tertiary/aromatic N) is 2. The Bertz CT molecular complexity index is 876. The molecule has 0 aliphatic rings. The first-order valence-electron chi connectivity index (χ1n) is 8.50. The lowest BCUT2D eigenvalue weighted by Gasteiger charge is -2.08. The van der Waals surface area contributed by atoms with Crippen molar-refractivity contribution >= 4 is 11.9 Å². The third kappa shape index (κ3) is 4.86. The first-order chi connectivity index (χ1) is 13.2. The number of methoxy groups -OCH3 is 1. The number of nitrogens with one attached hydrogen (secondary N) is 1. The summed E-state index contributed by atoms with van der Waals surface area (Å²) in [6.07, 6.45) is -0.584. The number of ether oxygens (including phenoxy) is 2. The van der Waals surface area contributed by atoms with Crippen LogP contribution in [0.2, 0.25) is 0 Å². The van der Waals surface area contributed by atoms with E-state index in [4.69, 9.17) is 9.47 Å². The fourth-order valence-electron chi connectivity index (χ4n) is 2.55. The minimum absolute atomic E-state index is 0.0997. The van der Waals surface area contributed by atoms with Gasteiger partial charge in [0.1, 0.15) is 18.2 Å². The Morgan fingerprint density at radius 2 is 1.89 bits per heavy atom. The van der Waals surface area contributed by atoms with E-state index in [-0.39, 0.29) is 19.8 Å². The number of aliphatic hydroxyl groups is 1. The van der Waals surface area contributed by atoms with Crippen molar-refractivity contribution in [2.24, 2.45) is 0 Å². The number of aliphatic hydroxyl groups excluding tert-OH is 1. The number of hydrogen-bond acceptors (Lipinski definition) is 5. The molecule has 27 heavy (non-hydrogen) atoms. The van der Waals surface area contributed by atoms with Crippen molar-refractivity contribution in [2.45, 2.75) is 13.2 Å². The molecule has 0 atom stereocenters. The minimum atomic E-state index is -0.584. The second-order valence-electron chi connectivity index (χ2n) is 5.78. The molecule has 2 N–H and O–H groups in total. The molecule has 3 rings (SSSR count). The van der Waals surface area contributed by atoms with Gasteiger partial charge in [-0.3, -0.25) is 5.32 Å². The molecule has 0 fully saturated rings. The predicted octanol–water partition coefficient (Wildman–Crippen LogP) is 3.30. The number of aromatic nitrogens is 2. The summed E-state index contributed by atoms with van der Waals surface area (Å²) in [6.45, 7) is 0.327. The number of benzene rings is 2. The van der Waals surface area contributed by atoms with Crippen LogP contribution in [0.5, 0.6) is 5.75 Å². The maximum absolute atomic E-state index is 12.1. The number of amides is 1. The molecule has 0 aliphatic heterocycles. The van der Waals surface area contributed by atoms with Gasteiger partial charge in [0, 0.05) is 11.6 Å². The van der Waals surface area contributed by atoms with E-state index in [1.807, 2.05) is 54.6 Å². The van der Waals surface area contributed by atoms with Crippen molar-refractivity contribution in [2.75, 3.05) is 19.0 Å². The van der Waals surface area contributed by atoms with Crippen LogP contribution in [0.15, 0.2) is 60.7 Å². The molecule has 140 valence electrons. The fourth-order valence-corrected chi connectivity index (χ4v) is 2.55. The average Bonchev–Trinajstić information content (AvgIpc) is 3.10. The van der Waals surface area contributed by atoms with Crippen LogP contribution in [-0.2, 0) is 17.9 Å². The number of carbonyl (C=O) groups is 1. The van der Waals surface area contributed by atoms with Crippen molar-refractivity contribution in [3.63, 3.8) is 0 Å². The van der Waals surface area contributed by atoms with E-state index >= 15 is 0 Å². The molecule has 2 aromatic carbocycles. The second kappa shape index (κ2) is 8.86. The zero-order valence-electron chi connectivity index (χ0n) is 15.0. The third-order valence-electron chi connectivity index (χ3n) is 3.92. The Morgan fingerprint density at radius 3 is 2.56 bits per heavy atom. The standard InChI is InChI=1S/C20H21N3O4/c1-26-17-9-7-16(8-10-17)18-13-19(23(22-18)11-12-24)21-20(25)27-14-15-5-3-2-4-6-15/h2-10,13,24H,11-12,14H2,1H3,(H,21,25). The SMILES string of the molecule is COc1ccc(-c2cc(NC(=O)OCc3ccccc3)n(CCO)n2)cc1. The topological polar surface area (TPSA) is 85.6 Å². The summed E-state index contributed by atoms with van der Waals surface area (Å²) in [5, 5.41) is 16.4. The van der Waals surface area contributed by atoms with E-state index in [1.54, 1.807) is 13.2 Å². The third-order valence-corrected chi connectivity index (χ3v) is 3.92. The molecule has 0 bridgehead atoms. The maximum Gasteiger partial charge on any atom is 0.413 e. The van der Waals surface area contributed by atoms with E-state index in [1.165, 1.54) is 4.68 Å². The largest absolute Gasteiger partial charge is 0.497 e. The van der Waals surface area contributed by atoms with Crippen LogP contribution in [0.3, 0.4) is 0 Å². The summed E-state index contributed by atoms with van der Waals surface area (Å²) >= 11 is 0. The van der Waals surface area contributed by atoms with Gasteiger partial charge in [0.25, 0.3) is 0 Å². The van der Waals surface area contributed by atoms with Gasteiger partial charge in [-0.15, -0.1) is 0 Å². The smallest absolute Gasteiger partial charge is 0.413 e. The van der Waals surface area contributed by atoms with Crippen LogP contribution in [0.25, 0.3) is 11.3 Å². The van der Waals surface area contributed by atoms with E-state index in [0.717, 1.165) is 16.9 Å². The average molecular weight is 367 g/mol. The zero-order valence-corrected chi connectivity index (χ0v) is 15.0. The summed E-state index contributed by atoms with van der Waals surface area (Å²) in [7, 11) is 1.61.